The molecular weight excluding hydrogens is 478 g/mol. The van der Waals surface area contributed by atoms with Gasteiger partial charge in [0.2, 0.25) is 5.91 Å². The lowest BCUT2D eigenvalue weighted by atomic mass is 9.85. The van der Waals surface area contributed by atoms with Crippen LogP contribution < -0.4 is 10.6 Å². The Labute approximate surface area is 202 Å². The van der Waals surface area contributed by atoms with Gasteiger partial charge in [-0.2, -0.15) is 18.3 Å². The summed E-state index contributed by atoms with van der Waals surface area (Å²) < 4.78 is 54.1. The number of aromatic nitrogens is 5. The molecule has 1 aliphatic rings. The Balaban J connectivity index is 1.62. The van der Waals surface area contributed by atoms with Crippen LogP contribution in [0.4, 0.5) is 23.4 Å². The topological polar surface area (TPSA) is 97.6 Å². The first kappa shape index (κ1) is 23.8. The van der Waals surface area contributed by atoms with Crippen molar-refractivity contribution in [3.8, 4) is 11.5 Å². The van der Waals surface area contributed by atoms with E-state index in [0.29, 0.717) is 27.9 Å². The fourth-order valence-corrected chi connectivity index (χ4v) is 4.26. The number of carbonyl (C=O) groups is 1. The number of amides is 1. The lowest BCUT2D eigenvalue weighted by Crippen LogP contribution is -2.31. The number of hydrogen-bond acceptors (Lipinski definition) is 6. The van der Waals surface area contributed by atoms with Crippen molar-refractivity contribution >= 4 is 22.8 Å². The minimum absolute atomic E-state index is 0.0922. The van der Waals surface area contributed by atoms with Crippen LogP contribution in [0, 0.1) is 5.82 Å². The molecule has 36 heavy (non-hydrogen) atoms. The van der Waals surface area contributed by atoms with Crippen LogP contribution in [-0.2, 0) is 23.3 Å². The summed E-state index contributed by atoms with van der Waals surface area (Å²) in [4.78, 5) is 26.0. The SMILES string of the molecule is CC1(C)C(=O)Nc2nc(-c3nn(Cc4ccccc4F)c4ncccc34)nc(CNCC(F)(F)F)c21. The first-order valence-electron chi connectivity index (χ1n) is 11.1. The van der Waals surface area contributed by atoms with E-state index < -0.39 is 24.0 Å². The Morgan fingerprint density at radius 3 is 2.64 bits per heavy atom. The molecule has 0 saturated carbocycles. The predicted octanol–water partition coefficient (Wildman–Crippen LogP) is 3.96. The summed E-state index contributed by atoms with van der Waals surface area (Å²) in [6.45, 7) is 1.96. The minimum atomic E-state index is -4.41. The number of halogens is 4. The molecule has 4 heterocycles. The number of hydrogen-bond donors (Lipinski definition) is 2. The molecule has 1 aliphatic heterocycles. The average molecular weight is 499 g/mol. The van der Waals surface area contributed by atoms with Crippen LogP contribution in [0.2, 0.25) is 0 Å². The molecule has 0 fully saturated rings. The number of alkyl halides is 3. The van der Waals surface area contributed by atoms with Gasteiger partial charge in [0, 0.05) is 23.9 Å². The first-order chi connectivity index (χ1) is 17.0. The average Bonchev–Trinajstić information content (AvgIpc) is 3.28. The number of fused-ring (bicyclic) bond motifs is 2. The number of carbonyl (C=O) groups excluding carboxylic acids is 1. The van der Waals surface area contributed by atoms with E-state index >= 15 is 0 Å². The summed E-state index contributed by atoms with van der Waals surface area (Å²) in [6, 6.07) is 9.75. The Kier molecular flexibility index (Phi) is 5.70. The number of pyridine rings is 1. The highest BCUT2D eigenvalue weighted by Crippen LogP contribution is 2.39. The molecular formula is C24H21F4N7O. The van der Waals surface area contributed by atoms with Crippen LogP contribution in [0.25, 0.3) is 22.6 Å². The zero-order valence-corrected chi connectivity index (χ0v) is 19.3. The van der Waals surface area contributed by atoms with Gasteiger partial charge in [-0.1, -0.05) is 18.2 Å². The molecule has 0 unspecified atom stereocenters. The number of benzene rings is 1. The van der Waals surface area contributed by atoms with E-state index in [0.717, 1.165) is 0 Å². The van der Waals surface area contributed by atoms with Crippen molar-refractivity contribution in [2.24, 2.45) is 0 Å². The van der Waals surface area contributed by atoms with Gasteiger partial charge in [-0.25, -0.2) is 24.0 Å². The van der Waals surface area contributed by atoms with E-state index in [1.165, 1.54) is 10.7 Å². The molecule has 8 nitrogen and oxygen atoms in total. The molecule has 0 radical (unpaired) electrons. The maximum absolute atomic E-state index is 14.3. The van der Waals surface area contributed by atoms with E-state index in [4.69, 9.17) is 0 Å². The number of nitrogens with zero attached hydrogens (tertiary/aromatic N) is 5. The maximum Gasteiger partial charge on any atom is 0.401 e. The molecule has 1 amide bonds. The molecule has 1 aromatic carbocycles. The van der Waals surface area contributed by atoms with Crippen molar-refractivity contribution in [2.45, 2.75) is 38.5 Å². The zero-order chi connectivity index (χ0) is 25.7. The van der Waals surface area contributed by atoms with E-state index in [2.05, 4.69) is 30.7 Å². The number of rotatable bonds is 6. The van der Waals surface area contributed by atoms with Gasteiger partial charge < -0.3 is 10.6 Å². The van der Waals surface area contributed by atoms with Gasteiger partial charge >= 0.3 is 6.18 Å². The second-order valence-electron chi connectivity index (χ2n) is 8.99. The molecule has 0 aliphatic carbocycles. The first-order valence-corrected chi connectivity index (χ1v) is 11.1. The molecule has 3 aromatic heterocycles. The molecule has 2 N–H and O–H groups in total. The van der Waals surface area contributed by atoms with Crippen molar-refractivity contribution < 1.29 is 22.4 Å². The van der Waals surface area contributed by atoms with E-state index in [1.807, 2.05) is 0 Å². The smallest absolute Gasteiger partial charge is 0.310 e. The van der Waals surface area contributed by atoms with Crippen LogP contribution in [0.5, 0.6) is 0 Å². The molecule has 0 spiro atoms. The van der Waals surface area contributed by atoms with Gasteiger partial charge in [0.05, 0.1) is 29.6 Å². The number of anilines is 1. The Bertz CT molecular complexity index is 1480. The van der Waals surface area contributed by atoms with Gasteiger partial charge in [0.1, 0.15) is 17.3 Å². The zero-order valence-electron chi connectivity index (χ0n) is 19.3. The predicted molar refractivity (Wildman–Crippen MR) is 123 cm³/mol. The lowest BCUT2D eigenvalue weighted by Gasteiger charge is -2.19. The Morgan fingerprint density at radius 2 is 1.89 bits per heavy atom. The molecule has 0 saturated heterocycles. The van der Waals surface area contributed by atoms with Crippen LogP contribution >= 0.6 is 0 Å². The monoisotopic (exact) mass is 499 g/mol. The van der Waals surface area contributed by atoms with Crippen molar-refractivity contribution in [1.82, 2.24) is 30.0 Å². The van der Waals surface area contributed by atoms with Crippen LogP contribution in [0.1, 0.15) is 30.7 Å². The van der Waals surface area contributed by atoms with Gasteiger partial charge in [-0.15, -0.1) is 0 Å². The van der Waals surface area contributed by atoms with Gasteiger partial charge in [0.25, 0.3) is 0 Å². The standard InChI is InChI=1S/C24H21F4N7O/c1-23(2)17-16(10-29-12-24(26,27)28)31-20(32-19(17)33-22(23)36)18-14-7-5-9-30-21(14)35(34-18)11-13-6-3-4-8-15(13)25/h3-9,29H,10-12H2,1-2H3,(H,31,32,33,36). The summed E-state index contributed by atoms with van der Waals surface area (Å²) >= 11 is 0. The van der Waals surface area contributed by atoms with Gasteiger partial charge in [-0.05, 0) is 32.0 Å². The number of nitrogens with one attached hydrogen (secondary N) is 2. The van der Waals surface area contributed by atoms with Crippen LogP contribution in [0.3, 0.4) is 0 Å². The molecule has 0 atom stereocenters. The van der Waals surface area contributed by atoms with Gasteiger partial charge in [0.15, 0.2) is 11.5 Å². The molecule has 0 bridgehead atoms. The minimum Gasteiger partial charge on any atom is -0.310 e. The van der Waals surface area contributed by atoms with E-state index in [-0.39, 0.29) is 36.3 Å². The summed E-state index contributed by atoms with van der Waals surface area (Å²) in [5, 5.41) is 10.2. The molecule has 186 valence electrons. The molecule has 12 heteroatoms. The fourth-order valence-electron chi connectivity index (χ4n) is 4.26. The fraction of sp³-hybridized carbons (Fsp3) is 0.292. The van der Waals surface area contributed by atoms with Crippen LogP contribution in [0.15, 0.2) is 42.6 Å². The highest BCUT2D eigenvalue weighted by Gasteiger charge is 2.42. The van der Waals surface area contributed by atoms with Gasteiger partial charge in [-0.3, -0.25) is 4.79 Å². The second kappa shape index (κ2) is 8.63. The lowest BCUT2D eigenvalue weighted by molar-refractivity contribution is -0.125. The van der Waals surface area contributed by atoms with E-state index in [1.54, 1.807) is 50.4 Å². The van der Waals surface area contributed by atoms with Crippen molar-refractivity contribution in [3.05, 3.63) is 65.2 Å². The summed E-state index contributed by atoms with van der Waals surface area (Å²) in [7, 11) is 0. The highest BCUT2D eigenvalue weighted by atomic mass is 19.4. The second-order valence-corrected chi connectivity index (χ2v) is 8.99. The normalized spacial score (nSPS) is 14.8. The van der Waals surface area contributed by atoms with Crippen molar-refractivity contribution in [3.63, 3.8) is 0 Å². The summed E-state index contributed by atoms with van der Waals surface area (Å²) in [6.07, 6.45) is -2.83. The molecule has 4 aromatic rings. The highest BCUT2D eigenvalue weighted by molar-refractivity contribution is 6.05. The maximum atomic E-state index is 14.3. The van der Waals surface area contributed by atoms with Crippen molar-refractivity contribution in [1.29, 1.82) is 0 Å². The quantitative estimate of drug-likeness (QED) is 0.390. The van der Waals surface area contributed by atoms with E-state index in [9.17, 15) is 22.4 Å². The third-order valence-corrected chi connectivity index (χ3v) is 6.02. The third-order valence-electron chi connectivity index (χ3n) is 6.02. The Morgan fingerprint density at radius 1 is 1.11 bits per heavy atom. The summed E-state index contributed by atoms with van der Waals surface area (Å²) in [5.74, 6) is -0.395. The third kappa shape index (κ3) is 4.28. The van der Waals surface area contributed by atoms with Crippen molar-refractivity contribution in [2.75, 3.05) is 11.9 Å². The molecule has 5 rings (SSSR count). The Hall–Kier alpha value is -3.93. The van der Waals surface area contributed by atoms with Crippen LogP contribution in [-0.4, -0.2) is 43.4 Å². The summed E-state index contributed by atoms with van der Waals surface area (Å²) in [5.41, 5.74) is 0.827. The largest absolute Gasteiger partial charge is 0.401 e.